The molecule has 1 saturated carbocycles. The average molecular weight is 392 g/mol. The Hall–Kier alpha value is -2.90. The number of hydrogen-bond acceptors (Lipinski definition) is 6. The van der Waals surface area contributed by atoms with Gasteiger partial charge in [0.25, 0.3) is 0 Å². The van der Waals surface area contributed by atoms with Gasteiger partial charge in [0.15, 0.2) is 0 Å². The molecule has 2 rings (SSSR count). The zero-order valence-corrected chi connectivity index (χ0v) is 15.9. The van der Waals surface area contributed by atoms with E-state index in [9.17, 15) is 19.2 Å². The van der Waals surface area contributed by atoms with Crippen LogP contribution in [0.15, 0.2) is 6.07 Å². The molecule has 28 heavy (non-hydrogen) atoms. The Morgan fingerprint density at radius 3 is 2.25 bits per heavy atom. The van der Waals surface area contributed by atoms with E-state index in [4.69, 9.17) is 19.7 Å². The van der Waals surface area contributed by atoms with E-state index < -0.39 is 18.2 Å². The maximum atomic E-state index is 12.4. The molecule has 1 unspecified atom stereocenters. The minimum absolute atomic E-state index is 0.0391. The number of carbonyl (C=O) groups is 4. The molecule has 1 aliphatic carbocycles. The highest BCUT2D eigenvalue weighted by atomic mass is 16.7. The van der Waals surface area contributed by atoms with Gasteiger partial charge in [0, 0.05) is 24.0 Å². The first-order valence-electron chi connectivity index (χ1n) is 9.33. The van der Waals surface area contributed by atoms with Crippen LogP contribution >= 0.6 is 0 Å². The van der Waals surface area contributed by atoms with Crippen LogP contribution in [0.5, 0.6) is 11.5 Å². The second-order valence-corrected chi connectivity index (χ2v) is 6.64. The van der Waals surface area contributed by atoms with E-state index in [1.54, 1.807) is 13.8 Å². The van der Waals surface area contributed by atoms with E-state index in [1.165, 1.54) is 6.07 Å². The number of aryl methyl sites for hydroxylation is 1. The van der Waals surface area contributed by atoms with Gasteiger partial charge in [-0.2, -0.15) is 0 Å². The third-order valence-electron chi connectivity index (χ3n) is 4.97. The maximum absolute atomic E-state index is 12.4. The lowest BCUT2D eigenvalue weighted by atomic mass is 9.91. The van der Waals surface area contributed by atoms with Crippen molar-refractivity contribution in [3.05, 3.63) is 22.8 Å². The predicted octanol–water partition coefficient (Wildman–Crippen LogP) is 3.80. The summed E-state index contributed by atoms with van der Waals surface area (Å²) in [5.41, 5.74) is 1.40. The van der Waals surface area contributed by atoms with Gasteiger partial charge in [0.2, 0.25) is 0 Å². The Bertz CT molecular complexity index is 796. The van der Waals surface area contributed by atoms with Crippen LogP contribution in [0, 0.1) is 5.92 Å². The van der Waals surface area contributed by atoms with Crippen LogP contribution in [-0.4, -0.2) is 34.1 Å². The first kappa shape index (κ1) is 21.4. The van der Waals surface area contributed by atoms with Gasteiger partial charge in [-0.3, -0.25) is 9.59 Å². The molecule has 8 nitrogen and oxygen atoms in total. The zero-order valence-electron chi connectivity index (χ0n) is 15.9. The molecule has 0 bridgehead atoms. The van der Waals surface area contributed by atoms with E-state index in [0.717, 1.165) is 0 Å². The lowest BCUT2D eigenvalue weighted by Crippen LogP contribution is -2.20. The summed E-state index contributed by atoms with van der Waals surface area (Å²) in [6.07, 6.45) is -0.398. The standard InChI is InChI=1S/C20H24O8/c1-3-11-10-17(27-19(23)24)13(12(4-2)18(11)28-20(25)26)8-9-16(22)14-6-5-7-15(14)21/h10,14H,3-9H2,1-2H3,(H,23,24)(H,25,26). The Balaban J connectivity index is 2.42. The van der Waals surface area contributed by atoms with Crippen LogP contribution in [0.1, 0.15) is 56.2 Å². The minimum Gasteiger partial charge on any atom is -0.449 e. The van der Waals surface area contributed by atoms with Crippen molar-refractivity contribution in [2.45, 2.75) is 58.8 Å². The van der Waals surface area contributed by atoms with Gasteiger partial charge in [-0.1, -0.05) is 13.8 Å². The Morgan fingerprint density at radius 1 is 1.07 bits per heavy atom. The number of benzene rings is 1. The van der Waals surface area contributed by atoms with E-state index in [1.807, 2.05) is 0 Å². The second kappa shape index (κ2) is 9.34. The van der Waals surface area contributed by atoms with Gasteiger partial charge < -0.3 is 19.7 Å². The van der Waals surface area contributed by atoms with E-state index in [0.29, 0.717) is 48.8 Å². The summed E-state index contributed by atoms with van der Waals surface area (Å²) in [5.74, 6) is -0.636. The first-order valence-corrected chi connectivity index (χ1v) is 9.33. The average Bonchev–Trinajstić information content (AvgIpc) is 3.06. The maximum Gasteiger partial charge on any atom is 0.511 e. The molecule has 1 atom stereocenters. The molecule has 1 fully saturated rings. The molecular formula is C20H24O8. The minimum atomic E-state index is -1.51. The van der Waals surface area contributed by atoms with Crippen LogP contribution < -0.4 is 9.47 Å². The van der Waals surface area contributed by atoms with Crippen molar-refractivity contribution in [3.63, 3.8) is 0 Å². The van der Waals surface area contributed by atoms with Crippen molar-refractivity contribution in [2.75, 3.05) is 0 Å². The monoisotopic (exact) mass is 392 g/mol. The van der Waals surface area contributed by atoms with Gasteiger partial charge >= 0.3 is 12.3 Å². The summed E-state index contributed by atoms with van der Waals surface area (Å²) in [5, 5.41) is 18.1. The molecule has 0 aromatic heterocycles. The van der Waals surface area contributed by atoms with Crippen LogP contribution in [0.3, 0.4) is 0 Å². The van der Waals surface area contributed by atoms with Gasteiger partial charge in [-0.15, -0.1) is 0 Å². The molecule has 1 aromatic rings. The Kier molecular flexibility index (Phi) is 7.14. The van der Waals surface area contributed by atoms with Crippen LogP contribution in [-0.2, 0) is 28.9 Å². The smallest absolute Gasteiger partial charge is 0.449 e. The van der Waals surface area contributed by atoms with Gasteiger partial charge in [0.1, 0.15) is 23.1 Å². The summed E-state index contributed by atoms with van der Waals surface area (Å²) >= 11 is 0. The zero-order chi connectivity index (χ0) is 20.8. The molecule has 0 aliphatic heterocycles. The predicted molar refractivity (Wildman–Crippen MR) is 98.2 cm³/mol. The van der Waals surface area contributed by atoms with Crippen molar-refractivity contribution < 1.29 is 38.9 Å². The fourth-order valence-electron chi connectivity index (χ4n) is 3.68. The third-order valence-corrected chi connectivity index (χ3v) is 4.97. The van der Waals surface area contributed by atoms with Crippen LogP contribution in [0.2, 0.25) is 0 Å². The number of Topliss-reactive ketones (excluding diaryl/α,β-unsaturated/α-hetero) is 2. The largest absolute Gasteiger partial charge is 0.511 e. The topological polar surface area (TPSA) is 127 Å². The quantitative estimate of drug-likeness (QED) is 0.388. The summed E-state index contributed by atoms with van der Waals surface area (Å²) in [4.78, 5) is 46.5. The molecule has 0 saturated heterocycles. The third kappa shape index (κ3) is 4.88. The number of ether oxygens (including phenoxy) is 2. The summed E-state index contributed by atoms with van der Waals surface area (Å²) < 4.78 is 9.86. The number of carboxylic acid groups (broad SMARTS) is 2. The van der Waals surface area contributed by atoms with E-state index in [2.05, 4.69) is 0 Å². The fraction of sp³-hybridized carbons (Fsp3) is 0.500. The van der Waals surface area contributed by atoms with Gasteiger partial charge in [0.05, 0.1) is 5.92 Å². The van der Waals surface area contributed by atoms with Crippen LogP contribution in [0.25, 0.3) is 0 Å². The second-order valence-electron chi connectivity index (χ2n) is 6.64. The highest BCUT2D eigenvalue weighted by Crippen LogP contribution is 2.37. The Labute approximate surface area is 162 Å². The van der Waals surface area contributed by atoms with Crippen LogP contribution in [0.4, 0.5) is 9.59 Å². The Morgan fingerprint density at radius 2 is 1.75 bits per heavy atom. The highest BCUT2D eigenvalue weighted by Gasteiger charge is 2.31. The van der Waals surface area contributed by atoms with Crippen molar-refractivity contribution in [2.24, 2.45) is 5.92 Å². The molecular weight excluding hydrogens is 368 g/mol. The molecule has 0 radical (unpaired) electrons. The number of ketones is 2. The van der Waals surface area contributed by atoms with Gasteiger partial charge in [-0.05, 0) is 43.7 Å². The van der Waals surface area contributed by atoms with Gasteiger partial charge in [-0.25, -0.2) is 9.59 Å². The molecule has 0 heterocycles. The number of hydrogen-bond donors (Lipinski definition) is 2. The van der Waals surface area contributed by atoms with E-state index >= 15 is 0 Å². The van der Waals surface area contributed by atoms with Crippen molar-refractivity contribution in [1.82, 2.24) is 0 Å². The number of carbonyl (C=O) groups excluding carboxylic acids is 2. The molecule has 1 aromatic carbocycles. The highest BCUT2D eigenvalue weighted by molar-refractivity contribution is 6.03. The molecule has 2 N–H and O–H groups in total. The molecule has 8 heteroatoms. The summed E-state index contributed by atoms with van der Waals surface area (Å²) in [6, 6.07) is 1.44. The SMILES string of the molecule is CCc1cc(OC(=O)O)c(CCC(=O)C2CCCC2=O)c(CC)c1OC(=O)O. The summed E-state index contributed by atoms with van der Waals surface area (Å²) in [7, 11) is 0. The molecule has 0 spiro atoms. The normalized spacial score (nSPS) is 16.1. The lowest BCUT2D eigenvalue weighted by Gasteiger charge is -2.19. The first-order chi connectivity index (χ1) is 13.3. The van der Waals surface area contributed by atoms with E-state index in [-0.39, 0.29) is 35.9 Å². The molecule has 152 valence electrons. The molecule has 0 amide bonds. The fourth-order valence-corrected chi connectivity index (χ4v) is 3.68. The summed E-state index contributed by atoms with van der Waals surface area (Å²) in [6.45, 7) is 3.56. The number of rotatable bonds is 8. The van der Waals surface area contributed by atoms with Crippen molar-refractivity contribution >= 4 is 23.9 Å². The van der Waals surface area contributed by atoms with Crippen molar-refractivity contribution in [1.29, 1.82) is 0 Å². The van der Waals surface area contributed by atoms with Crippen molar-refractivity contribution in [3.8, 4) is 11.5 Å². The molecule has 1 aliphatic rings. The lowest BCUT2D eigenvalue weighted by molar-refractivity contribution is -0.130.